The lowest BCUT2D eigenvalue weighted by atomic mass is 10.3. The number of benzene rings is 2. The Morgan fingerprint density at radius 2 is 1.91 bits per heavy atom. The fourth-order valence-electron chi connectivity index (χ4n) is 1.68. The Bertz CT molecular complexity index is 623. The van der Waals surface area contributed by atoms with Gasteiger partial charge in [-0.3, -0.25) is 4.79 Å². The molecule has 0 spiro atoms. The molecule has 0 fully saturated rings. The quantitative estimate of drug-likeness (QED) is 0.728. The highest BCUT2D eigenvalue weighted by Gasteiger charge is 2.06. The largest absolute Gasteiger partial charge is 0.493 e. The minimum absolute atomic E-state index is 0.103. The number of hydrogen-bond acceptors (Lipinski definition) is 3. The van der Waals surface area contributed by atoms with Crippen LogP contribution in [0.15, 0.2) is 48.5 Å². The van der Waals surface area contributed by atoms with Gasteiger partial charge in [0.25, 0.3) is 0 Å². The summed E-state index contributed by atoms with van der Waals surface area (Å²) in [7, 11) is 0. The first kappa shape index (κ1) is 17.0. The zero-order valence-corrected chi connectivity index (χ0v) is 14.0. The summed E-state index contributed by atoms with van der Waals surface area (Å²) in [6, 6.07) is 14.6. The second kappa shape index (κ2) is 8.93. The van der Waals surface area contributed by atoms with Crippen LogP contribution in [0.4, 0.5) is 5.69 Å². The average Bonchev–Trinajstić information content (AvgIpc) is 2.51. The van der Waals surface area contributed by atoms with Gasteiger partial charge in [0, 0.05) is 10.8 Å². The first-order valence-corrected chi connectivity index (χ1v) is 8.57. The summed E-state index contributed by atoms with van der Waals surface area (Å²) in [6.07, 6.45) is 0. The van der Waals surface area contributed by atoms with Crippen molar-refractivity contribution in [3.63, 3.8) is 0 Å². The van der Waals surface area contributed by atoms with Gasteiger partial charge in [0.15, 0.2) is 0 Å². The van der Waals surface area contributed by atoms with Crippen LogP contribution < -0.4 is 10.1 Å². The molecule has 2 aromatic rings. The summed E-state index contributed by atoms with van der Waals surface area (Å²) in [5, 5.41) is 3.72. The second-order valence-corrected chi connectivity index (χ2v) is 6.34. The van der Waals surface area contributed by atoms with Gasteiger partial charge in [-0.05, 0) is 30.3 Å². The van der Waals surface area contributed by atoms with Crippen molar-refractivity contribution in [2.75, 3.05) is 23.4 Å². The van der Waals surface area contributed by atoms with E-state index in [1.165, 1.54) is 11.8 Å². The molecule has 1 N–H and O–H groups in total. The van der Waals surface area contributed by atoms with E-state index in [1.807, 2.05) is 30.3 Å². The molecule has 0 aliphatic carbocycles. The SMILES string of the molecule is O=C(CSCCOc1ccccc1)Nc1ccc(Cl)cc1Cl. The third-order valence-corrected chi connectivity index (χ3v) is 4.15. The van der Waals surface area contributed by atoms with Gasteiger partial charge < -0.3 is 10.1 Å². The summed E-state index contributed by atoms with van der Waals surface area (Å²) < 4.78 is 5.55. The van der Waals surface area contributed by atoms with E-state index in [4.69, 9.17) is 27.9 Å². The summed E-state index contributed by atoms with van der Waals surface area (Å²) in [5.41, 5.74) is 0.567. The van der Waals surface area contributed by atoms with Crippen molar-refractivity contribution in [1.29, 1.82) is 0 Å². The number of hydrogen-bond donors (Lipinski definition) is 1. The highest BCUT2D eigenvalue weighted by molar-refractivity contribution is 7.99. The molecular weight excluding hydrogens is 341 g/mol. The van der Waals surface area contributed by atoms with Gasteiger partial charge in [-0.1, -0.05) is 41.4 Å². The highest BCUT2D eigenvalue weighted by atomic mass is 35.5. The molecule has 0 aliphatic rings. The van der Waals surface area contributed by atoms with E-state index in [0.29, 0.717) is 28.1 Å². The van der Waals surface area contributed by atoms with Gasteiger partial charge >= 0.3 is 0 Å². The monoisotopic (exact) mass is 355 g/mol. The van der Waals surface area contributed by atoms with E-state index in [-0.39, 0.29) is 5.91 Å². The molecule has 0 aromatic heterocycles. The van der Waals surface area contributed by atoms with Crippen molar-refractivity contribution in [2.45, 2.75) is 0 Å². The molecule has 3 nitrogen and oxygen atoms in total. The van der Waals surface area contributed by atoms with E-state index >= 15 is 0 Å². The van der Waals surface area contributed by atoms with Crippen molar-refractivity contribution in [3.05, 3.63) is 58.6 Å². The average molecular weight is 356 g/mol. The van der Waals surface area contributed by atoms with E-state index in [1.54, 1.807) is 18.2 Å². The molecular formula is C16H15Cl2NO2S. The van der Waals surface area contributed by atoms with Crippen molar-refractivity contribution < 1.29 is 9.53 Å². The van der Waals surface area contributed by atoms with Crippen molar-refractivity contribution in [2.24, 2.45) is 0 Å². The first-order chi connectivity index (χ1) is 10.6. The summed E-state index contributed by atoms with van der Waals surface area (Å²) in [6.45, 7) is 0.559. The molecule has 2 aromatic carbocycles. The molecule has 0 bridgehead atoms. The smallest absolute Gasteiger partial charge is 0.234 e. The number of carbonyl (C=O) groups excluding carboxylic acids is 1. The normalized spacial score (nSPS) is 10.3. The molecule has 2 rings (SSSR count). The van der Waals surface area contributed by atoms with Crippen molar-refractivity contribution in [1.82, 2.24) is 0 Å². The third-order valence-electron chi connectivity index (χ3n) is 2.68. The number of carbonyl (C=O) groups is 1. The molecule has 1 amide bonds. The van der Waals surface area contributed by atoms with Crippen LogP contribution in [0.1, 0.15) is 0 Å². The van der Waals surface area contributed by atoms with E-state index < -0.39 is 0 Å². The molecule has 0 atom stereocenters. The Morgan fingerprint density at radius 3 is 2.64 bits per heavy atom. The van der Waals surface area contributed by atoms with Gasteiger partial charge in [-0.25, -0.2) is 0 Å². The number of ether oxygens (including phenoxy) is 1. The minimum atomic E-state index is -0.103. The molecule has 0 heterocycles. The van der Waals surface area contributed by atoms with Crippen molar-refractivity contribution >= 4 is 46.6 Å². The Kier molecular flexibility index (Phi) is 6.90. The second-order valence-electron chi connectivity index (χ2n) is 4.39. The lowest BCUT2D eigenvalue weighted by Gasteiger charge is -2.08. The molecule has 0 radical (unpaired) electrons. The minimum Gasteiger partial charge on any atom is -0.493 e. The fraction of sp³-hybridized carbons (Fsp3) is 0.188. The van der Waals surface area contributed by atoms with Crippen LogP contribution in [0.5, 0.6) is 5.75 Å². The van der Waals surface area contributed by atoms with Crippen molar-refractivity contribution in [3.8, 4) is 5.75 Å². The topological polar surface area (TPSA) is 38.3 Å². The number of nitrogens with one attached hydrogen (secondary N) is 1. The zero-order valence-electron chi connectivity index (χ0n) is 11.7. The number of halogens is 2. The van der Waals surface area contributed by atoms with Gasteiger partial charge in [-0.2, -0.15) is 0 Å². The zero-order chi connectivity index (χ0) is 15.8. The summed E-state index contributed by atoms with van der Waals surface area (Å²) in [4.78, 5) is 11.8. The fourth-order valence-corrected chi connectivity index (χ4v) is 2.74. The predicted octanol–water partition coefficient (Wildman–Crippen LogP) is 4.74. The number of amides is 1. The molecule has 0 saturated carbocycles. The molecule has 0 unspecified atom stereocenters. The molecule has 0 saturated heterocycles. The third kappa shape index (κ3) is 5.79. The van der Waals surface area contributed by atoms with Gasteiger partial charge in [0.05, 0.1) is 23.1 Å². The Hall–Kier alpha value is -1.36. The standard InChI is InChI=1S/C16H15Cl2NO2S/c17-12-6-7-15(14(18)10-12)19-16(20)11-22-9-8-21-13-4-2-1-3-5-13/h1-7,10H,8-9,11H2,(H,19,20). The summed E-state index contributed by atoms with van der Waals surface area (Å²) >= 11 is 13.3. The lowest BCUT2D eigenvalue weighted by Crippen LogP contribution is -2.15. The predicted molar refractivity (Wildman–Crippen MR) is 94.4 cm³/mol. The van der Waals surface area contributed by atoms with Crippen LogP contribution in [0, 0.1) is 0 Å². The maximum atomic E-state index is 11.8. The summed E-state index contributed by atoms with van der Waals surface area (Å²) in [5.74, 6) is 1.81. The maximum Gasteiger partial charge on any atom is 0.234 e. The Balaban J connectivity index is 1.65. The van der Waals surface area contributed by atoms with E-state index in [0.717, 1.165) is 11.5 Å². The Morgan fingerprint density at radius 1 is 1.14 bits per heavy atom. The van der Waals surface area contributed by atoms with E-state index in [9.17, 15) is 4.79 Å². The molecule has 116 valence electrons. The van der Waals surface area contributed by atoms with Crippen LogP contribution in [-0.4, -0.2) is 24.0 Å². The van der Waals surface area contributed by atoms with E-state index in [2.05, 4.69) is 5.32 Å². The van der Waals surface area contributed by atoms with Crippen LogP contribution in [0.2, 0.25) is 10.0 Å². The van der Waals surface area contributed by atoms with Crippen LogP contribution in [-0.2, 0) is 4.79 Å². The number of para-hydroxylation sites is 1. The van der Waals surface area contributed by atoms with Crippen LogP contribution in [0.3, 0.4) is 0 Å². The Labute approximate surface area is 144 Å². The van der Waals surface area contributed by atoms with Crippen LogP contribution >= 0.6 is 35.0 Å². The van der Waals surface area contributed by atoms with Gasteiger partial charge in [0.2, 0.25) is 5.91 Å². The maximum absolute atomic E-state index is 11.8. The number of rotatable bonds is 7. The van der Waals surface area contributed by atoms with Crippen LogP contribution in [0.25, 0.3) is 0 Å². The van der Waals surface area contributed by atoms with Gasteiger partial charge in [0.1, 0.15) is 5.75 Å². The molecule has 6 heteroatoms. The van der Waals surface area contributed by atoms with Gasteiger partial charge in [-0.15, -0.1) is 11.8 Å². The lowest BCUT2D eigenvalue weighted by molar-refractivity contribution is -0.113. The number of anilines is 1. The highest BCUT2D eigenvalue weighted by Crippen LogP contribution is 2.25. The number of thioether (sulfide) groups is 1. The molecule has 22 heavy (non-hydrogen) atoms. The first-order valence-electron chi connectivity index (χ1n) is 6.65. The molecule has 0 aliphatic heterocycles.